The Bertz CT molecular complexity index is 857. The Kier molecular flexibility index (Phi) is 6.69. The van der Waals surface area contributed by atoms with Gasteiger partial charge in [0, 0.05) is 24.0 Å². The fraction of sp³-hybridized carbons (Fsp3) is 0.263. The summed E-state index contributed by atoms with van der Waals surface area (Å²) in [5, 5.41) is -2.03. The SMILES string of the molecule is O=C(Cl)c1cccc(CC(F)(F)C(F)(F)C(F)(F)Cc2cccc(C(=O)Cl)c2)c1. The molecule has 2 aromatic carbocycles. The third-order valence-electron chi connectivity index (χ3n) is 4.08. The second kappa shape index (κ2) is 8.36. The van der Waals surface area contributed by atoms with Crippen LogP contribution >= 0.6 is 23.2 Å². The number of carbonyl (C=O) groups is 2. The first kappa shape index (κ1) is 23.2. The fourth-order valence-electron chi connectivity index (χ4n) is 2.61. The molecule has 0 aromatic heterocycles. The molecule has 10 heteroatoms. The summed E-state index contributed by atoms with van der Waals surface area (Å²) >= 11 is 10.4. The van der Waals surface area contributed by atoms with Crippen LogP contribution in [-0.2, 0) is 12.8 Å². The van der Waals surface area contributed by atoms with E-state index in [9.17, 15) is 35.9 Å². The smallest absolute Gasteiger partial charge is 0.276 e. The van der Waals surface area contributed by atoms with Crippen molar-refractivity contribution in [2.75, 3.05) is 0 Å². The second-order valence-corrected chi connectivity index (χ2v) is 6.97. The van der Waals surface area contributed by atoms with Crippen LogP contribution in [0, 0.1) is 0 Å². The van der Waals surface area contributed by atoms with Crippen molar-refractivity contribution >= 4 is 33.7 Å². The van der Waals surface area contributed by atoms with Crippen LogP contribution in [-0.4, -0.2) is 28.3 Å². The summed E-state index contributed by atoms with van der Waals surface area (Å²) in [6, 6.07) is 8.18. The van der Waals surface area contributed by atoms with E-state index in [0.717, 1.165) is 48.5 Å². The molecule has 2 rings (SSSR count). The minimum absolute atomic E-state index is 0.238. The summed E-state index contributed by atoms with van der Waals surface area (Å²) in [6.07, 6.45) is -3.48. The minimum Gasteiger partial charge on any atom is -0.276 e. The Morgan fingerprint density at radius 1 is 0.690 bits per heavy atom. The van der Waals surface area contributed by atoms with Crippen LogP contribution in [0.15, 0.2) is 48.5 Å². The summed E-state index contributed by atoms with van der Waals surface area (Å²) in [5.41, 5.74) is -1.41. The molecule has 0 aliphatic carbocycles. The molecule has 0 N–H and O–H groups in total. The van der Waals surface area contributed by atoms with Gasteiger partial charge in [-0.3, -0.25) is 9.59 Å². The normalized spacial score (nSPS) is 12.7. The zero-order valence-corrected chi connectivity index (χ0v) is 15.9. The van der Waals surface area contributed by atoms with E-state index in [1.54, 1.807) is 0 Å². The Morgan fingerprint density at radius 2 is 1.03 bits per heavy atom. The highest BCUT2D eigenvalue weighted by Gasteiger charge is 2.70. The molecule has 29 heavy (non-hydrogen) atoms. The highest BCUT2D eigenvalue weighted by molar-refractivity contribution is 6.68. The molecule has 0 spiro atoms. The van der Waals surface area contributed by atoms with E-state index in [4.69, 9.17) is 23.2 Å². The van der Waals surface area contributed by atoms with Crippen LogP contribution in [0.25, 0.3) is 0 Å². The van der Waals surface area contributed by atoms with Crippen molar-refractivity contribution in [2.24, 2.45) is 0 Å². The Labute approximate surface area is 171 Å². The van der Waals surface area contributed by atoms with E-state index >= 15 is 0 Å². The van der Waals surface area contributed by atoms with Crippen LogP contribution < -0.4 is 0 Å². The maximum atomic E-state index is 14.2. The molecule has 0 heterocycles. The van der Waals surface area contributed by atoms with Gasteiger partial charge in [-0.25, -0.2) is 0 Å². The van der Waals surface area contributed by atoms with E-state index in [-0.39, 0.29) is 11.1 Å². The van der Waals surface area contributed by atoms with Gasteiger partial charge in [0.1, 0.15) is 0 Å². The van der Waals surface area contributed by atoms with Crippen molar-refractivity contribution < 1.29 is 35.9 Å². The number of benzene rings is 2. The van der Waals surface area contributed by atoms with Gasteiger partial charge in [-0.2, -0.15) is 26.3 Å². The number of alkyl halides is 6. The first-order valence-corrected chi connectivity index (χ1v) is 8.73. The summed E-state index contributed by atoms with van der Waals surface area (Å²) in [6.45, 7) is 0. The monoisotopic (exact) mass is 456 g/mol. The number of carbonyl (C=O) groups excluding carboxylic acids is 2. The van der Waals surface area contributed by atoms with Crippen LogP contribution in [0.4, 0.5) is 26.3 Å². The zero-order valence-electron chi connectivity index (χ0n) is 14.4. The van der Waals surface area contributed by atoms with Crippen molar-refractivity contribution in [3.05, 3.63) is 70.8 Å². The van der Waals surface area contributed by atoms with E-state index in [2.05, 4.69) is 0 Å². The molecule has 0 fully saturated rings. The van der Waals surface area contributed by atoms with Crippen molar-refractivity contribution in [3.63, 3.8) is 0 Å². The number of rotatable bonds is 8. The van der Waals surface area contributed by atoms with Gasteiger partial charge < -0.3 is 0 Å². The van der Waals surface area contributed by atoms with E-state index in [0.29, 0.717) is 0 Å². The van der Waals surface area contributed by atoms with Crippen molar-refractivity contribution in [1.82, 2.24) is 0 Å². The number of halogens is 8. The molecule has 0 saturated heterocycles. The summed E-state index contributed by atoms with van der Waals surface area (Å²) in [5.74, 6) is -16.0. The largest absolute Gasteiger partial charge is 0.372 e. The highest BCUT2D eigenvalue weighted by Crippen LogP contribution is 2.48. The van der Waals surface area contributed by atoms with Gasteiger partial charge in [-0.1, -0.05) is 36.4 Å². The van der Waals surface area contributed by atoms with Gasteiger partial charge in [0.25, 0.3) is 10.5 Å². The molecule has 156 valence electrons. The molecule has 0 amide bonds. The summed E-state index contributed by atoms with van der Waals surface area (Å²) in [7, 11) is 0. The Hall–Kier alpha value is -2.06. The average Bonchev–Trinajstić information content (AvgIpc) is 2.61. The first-order chi connectivity index (χ1) is 13.3. The Morgan fingerprint density at radius 3 is 1.34 bits per heavy atom. The molecule has 0 unspecified atom stereocenters. The van der Waals surface area contributed by atoms with Crippen LogP contribution in [0.3, 0.4) is 0 Å². The van der Waals surface area contributed by atoms with Gasteiger partial charge in [0.15, 0.2) is 0 Å². The van der Waals surface area contributed by atoms with Gasteiger partial charge >= 0.3 is 17.8 Å². The molecule has 0 aliphatic heterocycles. The molecule has 0 aliphatic rings. The summed E-state index contributed by atoms with van der Waals surface area (Å²) < 4.78 is 85.2. The third-order valence-corrected chi connectivity index (χ3v) is 4.52. The fourth-order valence-corrected chi connectivity index (χ4v) is 2.84. The molecule has 0 atom stereocenters. The Balaban J connectivity index is 2.30. The van der Waals surface area contributed by atoms with Gasteiger partial charge in [0.05, 0.1) is 0 Å². The van der Waals surface area contributed by atoms with E-state index in [1.165, 1.54) is 0 Å². The highest BCUT2D eigenvalue weighted by atomic mass is 35.5. The van der Waals surface area contributed by atoms with Crippen molar-refractivity contribution in [1.29, 1.82) is 0 Å². The molecule has 2 aromatic rings. The van der Waals surface area contributed by atoms with E-state index < -0.39 is 52.2 Å². The third kappa shape index (κ3) is 5.11. The standard InChI is InChI=1S/C19H12Cl2F6O2/c20-15(28)13-5-1-3-11(7-13)9-17(22,23)19(26,27)18(24,25)10-12-4-2-6-14(8-12)16(21)29/h1-8H,9-10H2. The van der Waals surface area contributed by atoms with Crippen molar-refractivity contribution in [3.8, 4) is 0 Å². The molecule has 0 radical (unpaired) electrons. The minimum atomic E-state index is -5.73. The predicted molar refractivity (Wildman–Crippen MR) is 95.5 cm³/mol. The molecule has 0 saturated carbocycles. The summed E-state index contributed by atoms with van der Waals surface area (Å²) in [4.78, 5) is 22.1. The average molecular weight is 457 g/mol. The number of hydrogen-bond donors (Lipinski definition) is 0. The molecular weight excluding hydrogens is 445 g/mol. The lowest BCUT2D eigenvalue weighted by atomic mass is 9.92. The maximum Gasteiger partial charge on any atom is 0.372 e. The lowest BCUT2D eigenvalue weighted by molar-refractivity contribution is -0.307. The van der Waals surface area contributed by atoms with Gasteiger partial charge in [-0.15, -0.1) is 0 Å². The van der Waals surface area contributed by atoms with Gasteiger partial charge in [-0.05, 0) is 46.5 Å². The van der Waals surface area contributed by atoms with Crippen LogP contribution in [0.5, 0.6) is 0 Å². The first-order valence-electron chi connectivity index (χ1n) is 7.98. The topological polar surface area (TPSA) is 34.1 Å². The van der Waals surface area contributed by atoms with E-state index in [1.807, 2.05) is 0 Å². The molecule has 0 bridgehead atoms. The zero-order chi connectivity index (χ0) is 22.0. The maximum absolute atomic E-state index is 14.2. The van der Waals surface area contributed by atoms with Crippen molar-refractivity contribution in [2.45, 2.75) is 30.6 Å². The lowest BCUT2D eigenvalue weighted by Gasteiger charge is -2.33. The molecule has 2 nitrogen and oxygen atoms in total. The van der Waals surface area contributed by atoms with Gasteiger partial charge in [0.2, 0.25) is 0 Å². The second-order valence-electron chi connectivity index (χ2n) is 6.29. The lowest BCUT2D eigenvalue weighted by Crippen LogP contribution is -2.56. The quantitative estimate of drug-likeness (QED) is 0.353. The number of hydrogen-bond acceptors (Lipinski definition) is 2. The van der Waals surface area contributed by atoms with Crippen LogP contribution in [0.1, 0.15) is 31.8 Å². The van der Waals surface area contributed by atoms with Crippen LogP contribution in [0.2, 0.25) is 0 Å². The predicted octanol–water partition coefficient (Wildman–Crippen LogP) is 6.14. The molecular formula is C19H12Cl2F6O2.